The minimum absolute atomic E-state index is 0.164. The fourth-order valence-corrected chi connectivity index (χ4v) is 3.21. The van der Waals surface area contributed by atoms with Crippen molar-refractivity contribution in [2.45, 2.75) is 18.4 Å². The van der Waals surface area contributed by atoms with Gasteiger partial charge in [0.1, 0.15) is 5.82 Å². The third-order valence-electron chi connectivity index (χ3n) is 3.50. The first-order valence-electron chi connectivity index (χ1n) is 6.93. The van der Waals surface area contributed by atoms with Gasteiger partial charge in [-0.15, -0.1) is 0 Å². The molecule has 0 unspecified atom stereocenters. The fraction of sp³-hybridized carbons (Fsp3) is 0.250. The summed E-state index contributed by atoms with van der Waals surface area (Å²) in [6.07, 6.45) is 0. The molecule has 0 aliphatic rings. The van der Waals surface area contributed by atoms with Gasteiger partial charge in [-0.2, -0.15) is 0 Å². The van der Waals surface area contributed by atoms with Crippen molar-refractivity contribution in [3.05, 3.63) is 58.4 Å². The number of rotatable bonds is 5. The molecule has 0 aromatic heterocycles. The molecule has 0 atom stereocenters. The zero-order chi connectivity index (χ0) is 17.2. The van der Waals surface area contributed by atoms with E-state index in [4.69, 9.17) is 11.6 Å². The first-order valence-corrected chi connectivity index (χ1v) is 8.75. The molecule has 1 N–H and O–H groups in total. The highest BCUT2D eigenvalue weighted by Crippen LogP contribution is 2.24. The maximum atomic E-state index is 13.8. The van der Waals surface area contributed by atoms with Gasteiger partial charge >= 0.3 is 0 Å². The second kappa shape index (κ2) is 6.86. The molecule has 0 amide bonds. The number of sulfonamides is 1. The summed E-state index contributed by atoms with van der Waals surface area (Å²) in [5, 5.41) is 3.38. The second-order valence-corrected chi connectivity index (χ2v) is 7.88. The standard InChI is InChI=1S/C16H18ClFN2O2S/c1-11-7-8-12(23(21,22)20(2)3)9-16(11)19-10-13-14(17)5-4-6-15(13)18/h4-9,19H,10H2,1-3H3. The van der Waals surface area contributed by atoms with Crippen molar-refractivity contribution in [3.63, 3.8) is 0 Å². The molecule has 0 fully saturated rings. The molecule has 4 nitrogen and oxygen atoms in total. The number of aryl methyl sites for hydroxylation is 1. The molecule has 0 radical (unpaired) electrons. The van der Waals surface area contributed by atoms with Crippen molar-refractivity contribution < 1.29 is 12.8 Å². The van der Waals surface area contributed by atoms with Gasteiger partial charge in [0.15, 0.2) is 0 Å². The second-order valence-electron chi connectivity index (χ2n) is 5.32. The van der Waals surface area contributed by atoms with Crippen LogP contribution in [0.3, 0.4) is 0 Å². The van der Waals surface area contributed by atoms with Crippen molar-refractivity contribution in [3.8, 4) is 0 Å². The number of nitrogens with zero attached hydrogens (tertiary/aromatic N) is 1. The maximum Gasteiger partial charge on any atom is 0.242 e. The van der Waals surface area contributed by atoms with Crippen molar-refractivity contribution in [1.82, 2.24) is 4.31 Å². The molecule has 0 aliphatic heterocycles. The topological polar surface area (TPSA) is 49.4 Å². The number of halogens is 2. The van der Waals surface area contributed by atoms with Crippen LogP contribution in [0.2, 0.25) is 5.02 Å². The summed E-state index contributed by atoms with van der Waals surface area (Å²) >= 11 is 6.00. The van der Waals surface area contributed by atoms with Gasteiger partial charge < -0.3 is 5.32 Å². The number of benzene rings is 2. The van der Waals surface area contributed by atoms with E-state index >= 15 is 0 Å². The van der Waals surface area contributed by atoms with E-state index in [-0.39, 0.29) is 11.4 Å². The largest absolute Gasteiger partial charge is 0.381 e. The van der Waals surface area contributed by atoms with Crippen molar-refractivity contribution in [2.24, 2.45) is 0 Å². The Morgan fingerprint density at radius 1 is 1.22 bits per heavy atom. The Labute approximate surface area is 140 Å². The van der Waals surface area contributed by atoms with Crippen molar-refractivity contribution in [1.29, 1.82) is 0 Å². The maximum absolute atomic E-state index is 13.8. The van der Waals surface area contributed by atoms with Gasteiger partial charge in [-0.05, 0) is 36.8 Å². The van der Waals surface area contributed by atoms with Crippen LogP contribution in [0.5, 0.6) is 0 Å². The molecule has 7 heteroatoms. The summed E-state index contributed by atoms with van der Waals surface area (Å²) in [4.78, 5) is 0.176. The summed E-state index contributed by atoms with van der Waals surface area (Å²) in [5.41, 5.74) is 1.82. The number of hydrogen-bond donors (Lipinski definition) is 1. The molecule has 0 aliphatic carbocycles. The summed E-state index contributed by atoms with van der Waals surface area (Å²) < 4.78 is 39.3. The Bertz CT molecular complexity index is 803. The summed E-state index contributed by atoms with van der Waals surface area (Å²) in [6, 6.07) is 9.29. The molecule has 0 spiro atoms. The molecule has 124 valence electrons. The highest BCUT2D eigenvalue weighted by atomic mass is 35.5. The quantitative estimate of drug-likeness (QED) is 0.889. The smallest absolute Gasteiger partial charge is 0.242 e. The predicted molar refractivity (Wildman–Crippen MR) is 90.8 cm³/mol. The van der Waals surface area contributed by atoms with E-state index < -0.39 is 15.8 Å². The molecule has 2 aromatic carbocycles. The average Bonchev–Trinajstić information content (AvgIpc) is 2.48. The molecule has 0 heterocycles. The van der Waals surface area contributed by atoms with Gasteiger partial charge in [0.25, 0.3) is 0 Å². The van der Waals surface area contributed by atoms with E-state index in [0.29, 0.717) is 16.3 Å². The van der Waals surface area contributed by atoms with E-state index in [1.165, 1.54) is 26.2 Å². The third-order valence-corrected chi connectivity index (χ3v) is 5.67. The Kier molecular flexibility index (Phi) is 5.29. The zero-order valence-corrected chi connectivity index (χ0v) is 14.7. The van der Waals surface area contributed by atoms with Crippen LogP contribution in [0.1, 0.15) is 11.1 Å². The summed E-state index contributed by atoms with van der Waals surface area (Å²) in [7, 11) is -0.575. The highest BCUT2D eigenvalue weighted by Gasteiger charge is 2.18. The Morgan fingerprint density at radius 2 is 1.91 bits per heavy atom. The number of hydrogen-bond acceptors (Lipinski definition) is 3. The molecule has 0 saturated heterocycles. The SMILES string of the molecule is Cc1ccc(S(=O)(=O)N(C)C)cc1NCc1c(F)cccc1Cl. The lowest BCUT2D eigenvalue weighted by Crippen LogP contribution is -2.22. The van der Waals surface area contributed by atoms with Crippen LogP contribution in [0.15, 0.2) is 41.3 Å². The first-order chi connectivity index (χ1) is 10.7. The van der Waals surface area contributed by atoms with E-state index in [1.807, 2.05) is 6.92 Å². The monoisotopic (exact) mass is 356 g/mol. The van der Waals surface area contributed by atoms with Crippen LogP contribution in [0.25, 0.3) is 0 Å². The van der Waals surface area contributed by atoms with E-state index in [0.717, 1.165) is 9.87 Å². The average molecular weight is 357 g/mol. The lowest BCUT2D eigenvalue weighted by molar-refractivity contribution is 0.521. The lowest BCUT2D eigenvalue weighted by Gasteiger charge is -2.15. The predicted octanol–water partition coefficient (Wildman–Crippen LogP) is 3.65. The van der Waals surface area contributed by atoms with E-state index in [9.17, 15) is 12.8 Å². The minimum atomic E-state index is -3.52. The van der Waals surface area contributed by atoms with Gasteiger partial charge in [0.2, 0.25) is 10.0 Å². The molecule has 0 bridgehead atoms. The fourth-order valence-electron chi connectivity index (χ4n) is 2.05. The van der Waals surface area contributed by atoms with Crippen molar-refractivity contribution in [2.75, 3.05) is 19.4 Å². The van der Waals surface area contributed by atoms with E-state index in [1.54, 1.807) is 24.3 Å². The number of anilines is 1. The molecular formula is C16H18ClFN2O2S. The minimum Gasteiger partial charge on any atom is -0.381 e. The Hall–Kier alpha value is -1.63. The van der Waals surface area contributed by atoms with Crippen LogP contribution in [0.4, 0.5) is 10.1 Å². The van der Waals surface area contributed by atoms with E-state index in [2.05, 4.69) is 5.32 Å². The molecule has 2 aromatic rings. The zero-order valence-electron chi connectivity index (χ0n) is 13.1. The molecular weight excluding hydrogens is 339 g/mol. The van der Waals surface area contributed by atoms with Crippen LogP contribution < -0.4 is 5.32 Å². The number of nitrogens with one attached hydrogen (secondary N) is 1. The third kappa shape index (κ3) is 3.83. The summed E-state index contributed by atoms with van der Waals surface area (Å²) in [5.74, 6) is -0.403. The Balaban J connectivity index is 2.31. The first kappa shape index (κ1) is 17.7. The van der Waals surface area contributed by atoms with Crippen LogP contribution in [-0.2, 0) is 16.6 Å². The summed E-state index contributed by atoms with van der Waals surface area (Å²) in [6.45, 7) is 2.01. The van der Waals surface area contributed by atoms with Crippen LogP contribution >= 0.6 is 11.6 Å². The van der Waals surface area contributed by atoms with Gasteiger partial charge in [-0.25, -0.2) is 17.1 Å². The molecule has 23 heavy (non-hydrogen) atoms. The molecule has 2 rings (SSSR count). The van der Waals surface area contributed by atoms with Crippen LogP contribution in [0, 0.1) is 12.7 Å². The van der Waals surface area contributed by atoms with Crippen molar-refractivity contribution >= 4 is 27.3 Å². The Morgan fingerprint density at radius 3 is 2.52 bits per heavy atom. The normalized spacial score (nSPS) is 11.7. The van der Waals surface area contributed by atoms with Crippen LogP contribution in [-0.4, -0.2) is 26.8 Å². The van der Waals surface area contributed by atoms with Gasteiger partial charge in [-0.1, -0.05) is 23.7 Å². The van der Waals surface area contributed by atoms with Gasteiger partial charge in [0, 0.05) is 36.9 Å². The molecule has 0 saturated carbocycles. The van der Waals surface area contributed by atoms with Gasteiger partial charge in [-0.3, -0.25) is 0 Å². The van der Waals surface area contributed by atoms with Gasteiger partial charge in [0.05, 0.1) is 4.90 Å². The lowest BCUT2D eigenvalue weighted by atomic mass is 10.1. The highest BCUT2D eigenvalue weighted by molar-refractivity contribution is 7.89.